The molecule has 1 aliphatic carbocycles. The molecule has 0 radical (unpaired) electrons. The van der Waals surface area contributed by atoms with Crippen molar-refractivity contribution in [2.24, 2.45) is 5.92 Å². The molecule has 1 fully saturated rings. The van der Waals surface area contributed by atoms with Crippen molar-refractivity contribution in [1.29, 1.82) is 0 Å². The number of carbonyl (C=O) groups is 1. The van der Waals surface area contributed by atoms with Gasteiger partial charge in [-0.1, -0.05) is 49.2 Å². The topological polar surface area (TPSA) is 42.0 Å². The average molecular weight is 294 g/mol. The normalized spacial score (nSPS) is 16.4. The van der Waals surface area contributed by atoms with E-state index in [1.165, 1.54) is 25.7 Å². The molecular weight excluding hydrogens is 272 g/mol. The number of nitrogens with zero attached hydrogens (tertiary/aromatic N) is 1. The molecule has 1 aromatic heterocycles. The smallest absolute Gasteiger partial charge is 0.221 e. The zero-order chi connectivity index (χ0) is 15.2. The minimum absolute atomic E-state index is 0.131. The molecular formula is C19H22N2O. The fourth-order valence-corrected chi connectivity index (χ4v) is 3.22. The van der Waals surface area contributed by atoms with E-state index in [-0.39, 0.29) is 11.9 Å². The molecule has 1 amide bonds. The number of aromatic nitrogens is 1. The van der Waals surface area contributed by atoms with Crippen molar-refractivity contribution < 1.29 is 4.79 Å². The number of hydrogen-bond acceptors (Lipinski definition) is 2. The van der Waals surface area contributed by atoms with E-state index in [0.29, 0.717) is 12.3 Å². The molecule has 0 saturated heterocycles. The zero-order valence-electron chi connectivity index (χ0n) is 12.7. The maximum Gasteiger partial charge on any atom is 0.221 e. The number of rotatable bonds is 5. The summed E-state index contributed by atoms with van der Waals surface area (Å²) < 4.78 is 0. The van der Waals surface area contributed by atoms with Gasteiger partial charge in [0.25, 0.3) is 0 Å². The van der Waals surface area contributed by atoms with Crippen LogP contribution in [0.25, 0.3) is 0 Å². The summed E-state index contributed by atoms with van der Waals surface area (Å²) in [6.45, 7) is 0. The monoisotopic (exact) mass is 294 g/mol. The molecule has 22 heavy (non-hydrogen) atoms. The van der Waals surface area contributed by atoms with E-state index in [2.05, 4.69) is 10.3 Å². The summed E-state index contributed by atoms with van der Waals surface area (Å²) in [7, 11) is 0. The highest BCUT2D eigenvalue weighted by molar-refractivity contribution is 5.77. The van der Waals surface area contributed by atoms with Crippen LogP contribution >= 0.6 is 0 Å². The average Bonchev–Trinajstić information content (AvgIpc) is 3.07. The molecule has 114 valence electrons. The Morgan fingerprint density at radius 2 is 1.82 bits per heavy atom. The lowest BCUT2D eigenvalue weighted by molar-refractivity contribution is -0.122. The predicted octanol–water partition coefficient (Wildman–Crippen LogP) is 3.87. The van der Waals surface area contributed by atoms with Crippen LogP contribution in [0, 0.1) is 5.92 Å². The number of pyridine rings is 1. The van der Waals surface area contributed by atoms with Gasteiger partial charge in [0, 0.05) is 12.6 Å². The van der Waals surface area contributed by atoms with Crippen LogP contribution in [0.2, 0.25) is 0 Å². The standard InChI is InChI=1S/C19H22N2O/c22-18(14-15-8-4-5-9-15)21-19(16-10-2-1-3-11-16)17-12-6-7-13-20-17/h1-3,6-7,10-13,15,19H,4-5,8-9,14H2,(H,21,22). The van der Waals surface area contributed by atoms with Gasteiger partial charge in [-0.2, -0.15) is 0 Å². The minimum atomic E-state index is -0.170. The Kier molecular flexibility index (Phi) is 4.84. The molecule has 1 unspecified atom stereocenters. The fourth-order valence-electron chi connectivity index (χ4n) is 3.22. The first-order chi connectivity index (χ1) is 10.8. The summed E-state index contributed by atoms with van der Waals surface area (Å²) >= 11 is 0. The Bertz CT molecular complexity index is 552. The maximum absolute atomic E-state index is 12.4. The van der Waals surface area contributed by atoms with E-state index in [1.807, 2.05) is 48.5 Å². The fraction of sp³-hybridized carbons (Fsp3) is 0.368. The van der Waals surface area contributed by atoms with Crippen LogP contribution in [0.1, 0.15) is 49.4 Å². The Morgan fingerprint density at radius 3 is 2.50 bits per heavy atom. The molecule has 1 N–H and O–H groups in total. The molecule has 1 heterocycles. The molecule has 0 bridgehead atoms. The zero-order valence-corrected chi connectivity index (χ0v) is 12.7. The van der Waals surface area contributed by atoms with Gasteiger partial charge in [-0.3, -0.25) is 9.78 Å². The van der Waals surface area contributed by atoms with Gasteiger partial charge in [0.2, 0.25) is 5.91 Å². The molecule has 3 nitrogen and oxygen atoms in total. The molecule has 1 aliphatic rings. The number of hydrogen-bond donors (Lipinski definition) is 1. The predicted molar refractivity (Wildman–Crippen MR) is 87.2 cm³/mol. The van der Waals surface area contributed by atoms with E-state index >= 15 is 0 Å². The SMILES string of the molecule is O=C(CC1CCCC1)NC(c1ccccc1)c1ccccn1. The van der Waals surface area contributed by atoms with Crippen LogP contribution in [0.3, 0.4) is 0 Å². The first kappa shape index (κ1) is 14.8. The molecule has 3 heteroatoms. The molecule has 2 aromatic rings. The number of nitrogens with one attached hydrogen (secondary N) is 1. The van der Waals surface area contributed by atoms with Crippen molar-refractivity contribution in [1.82, 2.24) is 10.3 Å². The number of benzene rings is 1. The summed E-state index contributed by atoms with van der Waals surface area (Å²) in [5, 5.41) is 3.18. The lowest BCUT2D eigenvalue weighted by Gasteiger charge is -2.20. The highest BCUT2D eigenvalue weighted by Crippen LogP contribution is 2.28. The van der Waals surface area contributed by atoms with Crippen molar-refractivity contribution in [3.05, 3.63) is 66.0 Å². The summed E-state index contributed by atoms with van der Waals surface area (Å²) in [5.74, 6) is 0.687. The lowest BCUT2D eigenvalue weighted by atomic mass is 10.0. The van der Waals surface area contributed by atoms with Gasteiger partial charge in [0.15, 0.2) is 0 Å². The van der Waals surface area contributed by atoms with Crippen molar-refractivity contribution >= 4 is 5.91 Å². The van der Waals surface area contributed by atoms with Crippen LogP contribution < -0.4 is 5.32 Å². The first-order valence-corrected chi connectivity index (χ1v) is 8.08. The second-order valence-electron chi connectivity index (χ2n) is 6.02. The third kappa shape index (κ3) is 3.73. The van der Waals surface area contributed by atoms with Crippen LogP contribution in [0.15, 0.2) is 54.7 Å². The molecule has 0 spiro atoms. The molecule has 1 atom stereocenters. The first-order valence-electron chi connectivity index (χ1n) is 8.08. The van der Waals surface area contributed by atoms with Crippen molar-refractivity contribution in [2.45, 2.75) is 38.1 Å². The second kappa shape index (κ2) is 7.21. The van der Waals surface area contributed by atoms with Crippen LogP contribution in [-0.4, -0.2) is 10.9 Å². The van der Waals surface area contributed by atoms with Crippen LogP contribution in [0.5, 0.6) is 0 Å². The quantitative estimate of drug-likeness (QED) is 0.909. The molecule has 0 aliphatic heterocycles. The highest BCUT2D eigenvalue weighted by Gasteiger charge is 2.22. The molecule has 1 saturated carbocycles. The van der Waals surface area contributed by atoms with Gasteiger partial charge in [0.05, 0.1) is 11.7 Å². The van der Waals surface area contributed by atoms with Gasteiger partial charge in [-0.05, 0) is 36.5 Å². The van der Waals surface area contributed by atoms with Gasteiger partial charge in [-0.25, -0.2) is 0 Å². The van der Waals surface area contributed by atoms with E-state index in [1.54, 1.807) is 6.20 Å². The van der Waals surface area contributed by atoms with E-state index in [9.17, 15) is 4.79 Å². The van der Waals surface area contributed by atoms with Gasteiger partial charge < -0.3 is 5.32 Å². The largest absolute Gasteiger partial charge is 0.344 e. The van der Waals surface area contributed by atoms with E-state index < -0.39 is 0 Å². The van der Waals surface area contributed by atoms with Crippen LogP contribution in [0.4, 0.5) is 0 Å². The summed E-state index contributed by atoms with van der Waals surface area (Å²) in [4.78, 5) is 16.8. The Morgan fingerprint density at radius 1 is 1.09 bits per heavy atom. The Hall–Kier alpha value is -2.16. The summed E-state index contributed by atoms with van der Waals surface area (Å²) in [6, 6.07) is 15.7. The Labute approximate surface area is 131 Å². The van der Waals surface area contributed by atoms with E-state index in [0.717, 1.165) is 11.3 Å². The summed E-state index contributed by atoms with van der Waals surface area (Å²) in [5.41, 5.74) is 1.95. The third-order valence-corrected chi connectivity index (χ3v) is 4.37. The number of amides is 1. The Balaban J connectivity index is 1.75. The lowest BCUT2D eigenvalue weighted by Crippen LogP contribution is -2.30. The van der Waals surface area contributed by atoms with Crippen molar-refractivity contribution in [3.63, 3.8) is 0 Å². The van der Waals surface area contributed by atoms with Gasteiger partial charge >= 0.3 is 0 Å². The van der Waals surface area contributed by atoms with E-state index in [4.69, 9.17) is 0 Å². The van der Waals surface area contributed by atoms with Crippen molar-refractivity contribution in [2.75, 3.05) is 0 Å². The minimum Gasteiger partial charge on any atom is -0.344 e. The third-order valence-electron chi connectivity index (χ3n) is 4.37. The van der Waals surface area contributed by atoms with Gasteiger partial charge in [0.1, 0.15) is 0 Å². The summed E-state index contributed by atoms with van der Waals surface area (Å²) in [6.07, 6.45) is 7.31. The highest BCUT2D eigenvalue weighted by atomic mass is 16.1. The molecule has 1 aromatic carbocycles. The number of carbonyl (C=O) groups excluding carboxylic acids is 1. The maximum atomic E-state index is 12.4. The van der Waals surface area contributed by atoms with Crippen LogP contribution in [-0.2, 0) is 4.79 Å². The molecule has 3 rings (SSSR count). The van der Waals surface area contributed by atoms with Crippen molar-refractivity contribution in [3.8, 4) is 0 Å². The second-order valence-corrected chi connectivity index (χ2v) is 6.02. The van der Waals surface area contributed by atoms with Gasteiger partial charge in [-0.15, -0.1) is 0 Å².